The van der Waals surface area contributed by atoms with Gasteiger partial charge in [-0.15, -0.1) is 0 Å². The number of hydrogen-bond donors (Lipinski definition) is 7. The molecule has 34 heavy (non-hydrogen) atoms. The smallest absolute Gasteiger partial charge is 0.326 e. The summed E-state index contributed by atoms with van der Waals surface area (Å²) in [5.41, 5.74) is 6.38. The van der Waals surface area contributed by atoms with Crippen LogP contribution in [-0.4, -0.2) is 69.7 Å². The van der Waals surface area contributed by atoms with Gasteiger partial charge in [0, 0.05) is 12.8 Å². The minimum absolute atomic E-state index is 0.00578. The van der Waals surface area contributed by atoms with Crippen LogP contribution in [0.1, 0.15) is 38.7 Å². The molecular formula is C22H32N4O8. The predicted molar refractivity (Wildman–Crippen MR) is 121 cm³/mol. The molecule has 4 unspecified atom stereocenters. The van der Waals surface area contributed by atoms with Crippen molar-refractivity contribution < 1.29 is 39.3 Å². The number of carbonyl (C=O) groups excluding carboxylic acids is 3. The van der Waals surface area contributed by atoms with Crippen LogP contribution in [0, 0.1) is 5.92 Å². The summed E-state index contributed by atoms with van der Waals surface area (Å²) in [5, 5.41) is 34.6. The van der Waals surface area contributed by atoms with Gasteiger partial charge in [-0.05, 0) is 30.0 Å². The Balaban J connectivity index is 2.90. The quantitative estimate of drug-likeness (QED) is 0.180. The van der Waals surface area contributed by atoms with Crippen molar-refractivity contribution >= 4 is 29.7 Å². The third-order valence-electron chi connectivity index (χ3n) is 5.27. The first-order valence-electron chi connectivity index (χ1n) is 10.8. The lowest BCUT2D eigenvalue weighted by Gasteiger charge is -2.22. The average molecular weight is 481 g/mol. The van der Waals surface area contributed by atoms with Crippen LogP contribution in [0.15, 0.2) is 24.3 Å². The SMILES string of the molecule is CCC(C)C(N)C(=O)NCC(=O)NC(Cc1ccc(O)cc1)C(=O)NC(CCC(=O)O)C(=O)O. The average Bonchev–Trinajstić information content (AvgIpc) is 2.79. The molecule has 0 bridgehead atoms. The molecule has 0 aromatic heterocycles. The van der Waals surface area contributed by atoms with Gasteiger partial charge in [-0.3, -0.25) is 19.2 Å². The molecule has 8 N–H and O–H groups in total. The molecule has 1 aromatic carbocycles. The van der Waals surface area contributed by atoms with Crippen LogP contribution in [0.3, 0.4) is 0 Å². The molecule has 0 radical (unpaired) electrons. The number of carboxylic acids is 2. The number of phenols is 1. The molecule has 0 aliphatic carbocycles. The standard InChI is InChI=1S/C22H32N4O8/c1-3-12(2)19(23)21(32)24-11-17(28)25-16(10-13-4-6-14(27)7-5-13)20(31)26-15(22(33)34)8-9-18(29)30/h4-7,12,15-16,19,27H,3,8-11,23H2,1-2H3,(H,24,32)(H,25,28)(H,26,31)(H,29,30)(H,33,34). The summed E-state index contributed by atoms with van der Waals surface area (Å²) in [4.78, 5) is 59.5. The number of carboxylic acid groups (broad SMARTS) is 2. The van der Waals surface area contributed by atoms with Crippen LogP contribution in [0.2, 0.25) is 0 Å². The molecule has 0 saturated carbocycles. The molecule has 12 heteroatoms. The maximum Gasteiger partial charge on any atom is 0.326 e. The van der Waals surface area contributed by atoms with Crippen LogP contribution in [0.4, 0.5) is 0 Å². The van der Waals surface area contributed by atoms with Gasteiger partial charge in [0.2, 0.25) is 17.7 Å². The van der Waals surface area contributed by atoms with E-state index in [0.29, 0.717) is 12.0 Å². The Morgan fingerprint density at radius 2 is 1.59 bits per heavy atom. The zero-order valence-corrected chi connectivity index (χ0v) is 19.1. The highest BCUT2D eigenvalue weighted by molar-refractivity contribution is 5.92. The topological polar surface area (TPSA) is 208 Å². The number of benzene rings is 1. The zero-order chi connectivity index (χ0) is 25.8. The highest BCUT2D eigenvalue weighted by atomic mass is 16.4. The van der Waals surface area contributed by atoms with E-state index in [-0.39, 0.29) is 24.5 Å². The fourth-order valence-corrected chi connectivity index (χ4v) is 2.92. The van der Waals surface area contributed by atoms with E-state index < -0.39 is 60.8 Å². The number of amides is 3. The molecule has 0 aliphatic heterocycles. The maximum absolute atomic E-state index is 12.8. The third kappa shape index (κ3) is 9.86. The van der Waals surface area contributed by atoms with Crippen molar-refractivity contribution in [3.05, 3.63) is 29.8 Å². The van der Waals surface area contributed by atoms with Crippen molar-refractivity contribution in [1.82, 2.24) is 16.0 Å². The minimum atomic E-state index is -1.48. The number of nitrogens with one attached hydrogen (secondary N) is 3. The molecule has 0 heterocycles. The van der Waals surface area contributed by atoms with Gasteiger partial charge in [-0.2, -0.15) is 0 Å². The number of hydrogen-bond acceptors (Lipinski definition) is 7. The van der Waals surface area contributed by atoms with Gasteiger partial charge in [0.1, 0.15) is 17.8 Å². The summed E-state index contributed by atoms with van der Waals surface area (Å²) in [6, 6.07) is 2.30. The van der Waals surface area contributed by atoms with Crippen molar-refractivity contribution in [3.8, 4) is 5.75 Å². The number of carbonyl (C=O) groups is 5. The molecule has 0 saturated heterocycles. The molecule has 3 amide bonds. The Labute approximate surface area is 196 Å². The van der Waals surface area contributed by atoms with Crippen LogP contribution in [-0.2, 0) is 30.4 Å². The Morgan fingerprint density at radius 1 is 0.971 bits per heavy atom. The van der Waals surface area contributed by atoms with Crippen molar-refractivity contribution in [2.75, 3.05) is 6.54 Å². The second-order valence-corrected chi connectivity index (χ2v) is 7.95. The number of phenolic OH excluding ortho intramolecular Hbond substituents is 1. The van der Waals surface area contributed by atoms with E-state index in [4.69, 9.17) is 10.8 Å². The molecule has 1 aromatic rings. The third-order valence-corrected chi connectivity index (χ3v) is 5.27. The number of aliphatic carboxylic acids is 2. The second-order valence-electron chi connectivity index (χ2n) is 7.95. The Kier molecular flexibility index (Phi) is 11.5. The van der Waals surface area contributed by atoms with Gasteiger partial charge in [0.05, 0.1) is 12.6 Å². The van der Waals surface area contributed by atoms with Gasteiger partial charge in [0.25, 0.3) is 0 Å². The van der Waals surface area contributed by atoms with E-state index in [2.05, 4.69) is 16.0 Å². The molecular weight excluding hydrogens is 448 g/mol. The lowest BCUT2D eigenvalue weighted by atomic mass is 9.99. The minimum Gasteiger partial charge on any atom is -0.508 e. The van der Waals surface area contributed by atoms with Gasteiger partial charge in [0.15, 0.2) is 0 Å². The van der Waals surface area contributed by atoms with Crippen molar-refractivity contribution in [2.24, 2.45) is 11.7 Å². The van der Waals surface area contributed by atoms with Crippen molar-refractivity contribution in [2.45, 2.75) is 57.7 Å². The summed E-state index contributed by atoms with van der Waals surface area (Å²) in [6.45, 7) is 3.22. The molecule has 0 spiro atoms. The fourth-order valence-electron chi connectivity index (χ4n) is 2.92. The molecule has 188 valence electrons. The first-order valence-corrected chi connectivity index (χ1v) is 10.8. The van der Waals surface area contributed by atoms with E-state index in [1.807, 2.05) is 6.92 Å². The molecule has 12 nitrogen and oxygen atoms in total. The molecule has 1 rings (SSSR count). The second kappa shape index (κ2) is 13.8. The van der Waals surface area contributed by atoms with E-state index in [0.717, 1.165) is 0 Å². The number of nitrogens with two attached hydrogens (primary N) is 1. The Morgan fingerprint density at radius 3 is 2.12 bits per heavy atom. The Hall–Kier alpha value is -3.67. The largest absolute Gasteiger partial charge is 0.508 e. The van der Waals surface area contributed by atoms with Crippen LogP contribution in [0.5, 0.6) is 5.75 Å². The summed E-state index contributed by atoms with van der Waals surface area (Å²) >= 11 is 0. The molecule has 0 aliphatic rings. The zero-order valence-electron chi connectivity index (χ0n) is 19.1. The Bertz CT molecular complexity index is 874. The van der Waals surface area contributed by atoms with Crippen LogP contribution in [0.25, 0.3) is 0 Å². The summed E-state index contributed by atoms with van der Waals surface area (Å²) in [7, 11) is 0. The van der Waals surface area contributed by atoms with Crippen molar-refractivity contribution in [3.63, 3.8) is 0 Å². The fraction of sp³-hybridized carbons (Fsp3) is 0.500. The summed E-state index contributed by atoms with van der Waals surface area (Å²) < 4.78 is 0. The lowest BCUT2D eigenvalue weighted by molar-refractivity contribution is -0.143. The van der Waals surface area contributed by atoms with Crippen LogP contribution >= 0.6 is 0 Å². The monoisotopic (exact) mass is 480 g/mol. The first kappa shape index (κ1) is 28.4. The number of aromatic hydroxyl groups is 1. The highest BCUT2D eigenvalue weighted by Gasteiger charge is 2.28. The number of rotatable bonds is 14. The van der Waals surface area contributed by atoms with Crippen LogP contribution < -0.4 is 21.7 Å². The van der Waals surface area contributed by atoms with Gasteiger partial charge < -0.3 is 37.0 Å². The summed E-state index contributed by atoms with van der Waals surface area (Å²) in [5.74, 6) is -4.83. The lowest BCUT2D eigenvalue weighted by Crippen LogP contribution is -2.54. The molecule has 4 atom stereocenters. The predicted octanol–water partition coefficient (Wildman–Crippen LogP) is -0.657. The van der Waals surface area contributed by atoms with E-state index in [1.165, 1.54) is 24.3 Å². The van der Waals surface area contributed by atoms with Gasteiger partial charge in [-0.25, -0.2) is 4.79 Å². The normalized spacial score (nSPS) is 14.2. The van der Waals surface area contributed by atoms with E-state index in [1.54, 1.807) is 6.92 Å². The highest BCUT2D eigenvalue weighted by Crippen LogP contribution is 2.12. The summed E-state index contributed by atoms with van der Waals surface area (Å²) in [6.07, 6.45) is -0.208. The van der Waals surface area contributed by atoms with Crippen molar-refractivity contribution in [1.29, 1.82) is 0 Å². The van der Waals surface area contributed by atoms with E-state index in [9.17, 15) is 34.2 Å². The molecule has 0 fully saturated rings. The van der Waals surface area contributed by atoms with E-state index >= 15 is 0 Å². The maximum atomic E-state index is 12.8. The first-order chi connectivity index (χ1) is 15.9. The van der Waals surface area contributed by atoms with Gasteiger partial charge >= 0.3 is 11.9 Å². The van der Waals surface area contributed by atoms with Gasteiger partial charge in [-0.1, -0.05) is 32.4 Å².